The molecule has 0 aromatic heterocycles. The quantitative estimate of drug-likeness (QED) is 0.486. The number of benzene rings is 3. The molecule has 0 spiro atoms. The van der Waals surface area contributed by atoms with E-state index in [9.17, 15) is 9.59 Å². The molecule has 2 aliphatic rings. The van der Waals surface area contributed by atoms with Crippen molar-refractivity contribution in [3.05, 3.63) is 105 Å². The van der Waals surface area contributed by atoms with Gasteiger partial charge in [0.05, 0.1) is 5.57 Å². The summed E-state index contributed by atoms with van der Waals surface area (Å²) < 4.78 is 0. The summed E-state index contributed by atoms with van der Waals surface area (Å²) in [6.45, 7) is 5.09. The topological polar surface area (TPSA) is 40.6 Å². The first kappa shape index (κ1) is 21.5. The number of para-hydroxylation sites is 1. The van der Waals surface area contributed by atoms with E-state index in [0.717, 1.165) is 34.4 Å². The first-order valence-electron chi connectivity index (χ1n) is 11.2. The van der Waals surface area contributed by atoms with Crippen LogP contribution in [0.3, 0.4) is 0 Å². The standard InChI is InChI=1S/C28H25ClN2O2/c1-18-7-10-22(17-19(18)2)25-26(30-16-14-21-5-3-4-6-24(21)30)28(33)31(27(25)32)15-13-20-8-11-23(29)12-9-20/h3-12,17H,13-16H2,1-2H3. The summed E-state index contributed by atoms with van der Waals surface area (Å²) in [6.07, 6.45) is 1.44. The van der Waals surface area contributed by atoms with Gasteiger partial charge in [-0.25, -0.2) is 0 Å². The van der Waals surface area contributed by atoms with Crippen LogP contribution in [0.2, 0.25) is 5.02 Å². The molecule has 0 N–H and O–H groups in total. The first-order chi connectivity index (χ1) is 15.9. The smallest absolute Gasteiger partial charge is 0.278 e. The van der Waals surface area contributed by atoms with Gasteiger partial charge in [-0.2, -0.15) is 0 Å². The van der Waals surface area contributed by atoms with E-state index >= 15 is 0 Å². The van der Waals surface area contributed by atoms with Gasteiger partial charge in [-0.15, -0.1) is 0 Å². The summed E-state index contributed by atoms with van der Waals surface area (Å²) in [5.41, 5.74) is 7.28. The van der Waals surface area contributed by atoms with Gasteiger partial charge in [0.25, 0.3) is 11.8 Å². The molecule has 0 bridgehead atoms. The minimum absolute atomic E-state index is 0.223. The Morgan fingerprint density at radius 1 is 0.879 bits per heavy atom. The van der Waals surface area contributed by atoms with Crippen LogP contribution in [0.4, 0.5) is 5.69 Å². The van der Waals surface area contributed by atoms with Crippen LogP contribution in [-0.2, 0) is 22.4 Å². The first-order valence-corrected chi connectivity index (χ1v) is 11.6. The van der Waals surface area contributed by atoms with Gasteiger partial charge in [-0.05, 0) is 72.7 Å². The summed E-state index contributed by atoms with van der Waals surface area (Å²) in [6, 6.07) is 21.6. The van der Waals surface area contributed by atoms with Crippen LogP contribution >= 0.6 is 11.6 Å². The molecule has 0 saturated carbocycles. The highest BCUT2D eigenvalue weighted by molar-refractivity contribution is 6.36. The molecule has 166 valence electrons. The molecule has 3 aromatic rings. The predicted octanol–water partition coefficient (Wildman–Crippen LogP) is 5.34. The van der Waals surface area contributed by atoms with Crippen LogP contribution in [0.15, 0.2) is 72.4 Å². The second-order valence-corrected chi connectivity index (χ2v) is 9.13. The van der Waals surface area contributed by atoms with Crippen molar-refractivity contribution in [2.24, 2.45) is 0 Å². The molecule has 0 aliphatic carbocycles. The van der Waals surface area contributed by atoms with Gasteiger partial charge in [0, 0.05) is 23.8 Å². The van der Waals surface area contributed by atoms with Gasteiger partial charge in [0.1, 0.15) is 5.70 Å². The monoisotopic (exact) mass is 456 g/mol. The lowest BCUT2D eigenvalue weighted by molar-refractivity contribution is -0.136. The van der Waals surface area contributed by atoms with Gasteiger partial charge in [0.2, 0.25) is 0 Å². The number of rotatable bonds is 5. The van der Waals surface area contributed by atoms with E-state index < -0.39 is 0 Å². The van der Waals surface area contributed by atoms with Gasteiger partial charge in [-0.1, -0.05) is 60.1 Å². The number of hydrogen-bond acceptors (Lipinski definition) is 3. The number of amides is 2. The highest BCUT2D eigenvalue weighted by Crippen LogP contribution is 2.38. The van der Waals surface area contributed by atoms with Crippen LogP contribution in [0.25, 0.3) is 5.57 Å². The molecule has 3 aromatic carbocycles. The fourth-order valence-electron chi connectivity index (χ4n) is 4.64. The second kappa shape index (κ2) is 8.53. The number of halogens is 1. The largest absolute Gasteiger partial charge is 0.336 e. The van der Waals surface area contributed by atoms with E-state index in [1.54, 1.807) is 0 Å². The fraction of sp³-hybridized carbons (Fsp3) is 0.214. The third-order valence-corrected chi connectivity index (χ3v) is 6.89. The number of hydrogen-bond donors (Lipinski definition) is 0. The molecule has 5 heteroatoms. The molecule has 5 rings (SSSR count). The van der Waals surface area contributed by atoms with Crippen LogP contribution in [0.1, 0.15) is 27.8 Å². The molecule has 2 amide bonds. The highest BCUT2D eigenvalue weighted by Gasteiger charge is 2.43. The molecule has 0 unspecified atom stereocenters. The Morgan fingerprint density at radius 3 is 2.39 bits per heavy atom. The van der Waals surface area contributed by atoms with E-state index in [0.29, 0.717) is 35.8 Å². The summed E-state index contributed by atoms with van der Waals surface area (Å²) in [5, 5.41) is 0.667. The van der Waals surface area contributed by atoms with E-state index in [4.69, 9.17) is 11.6 Å². The highest BCUT2D eigenvalue weighted by atomic mass is 35.5. The van der Waals surface area contributed by atoms with Crippen molar-refractivity contribution in [2.45, 2.75) is 26.7 Å². The van der Waals surface area contributed by atoms with Crippen molar-refractivity contribution in [1.82, 2.24) is 4.90 Å². The van der Waals surface area contributed by atoms with E-state index in [2.05, 4.69) is 6.07 Å². The van der Waals surface area contributed by atoms with Crippen molar-refractivity contribution in [2.75, 3.05) is 18.0 Å². The van der Waals surface area contributed by atoms with Gasteiger partial charge < -0.3 is 4.90 Å². The van der Waals surface area contributed by atoms with Crippen LogP contribution in [0.5, 0.6) is 0 Å². The Labute approximate surface area is 199 Å². The SMILES string of the molecule is Cc1ccc(C2=C(N3CCc4ccccc43)C(=O)N(CCc3ccc(Cl)cc3)C2=O)cc1C. The van der Waals surface area contributed by atoms with Gasteiger partial charge in [0.15, 0.2) is 0 Å². The van der Waals surface area contributed by atoms with Crippen molar-refractivity contribution in [3.63, 3.8) is 0 Å². The Morgan fingerprint density at radius 2 is 1.64 bits per heavy atom. The minimum atomic E-state index is -0.225. The van der Waals surface area contributed by atoms with E-state index in [-0.39, 0.29) is 11.8 Å². The van der Waals surface area contributed by atoms with Crippen LogP contribution in [-0.4, -0.2) is 29.8 Å². The molecule has 0 radical (unpaired) electrons. The maximum absolute atomic E-state index is 13.7. The Kier molecular flexibility index (Phi) is 5.55. The summed E-state index contributed by atoms with van der Waals surface area (Å²) in [7, 11) is 0. The Bertz CT molecular complexity index is 1290. The van der Waals surface area contributed by atoms with E-state index in [1.165, 1.54) is 10.5 Å². The number of carbonyl (C=O) groups excluding carboxylic acids is 2. The molecule has 0 atom stereocenters. The lowest BCUT2D eigenvalue weighted by Gasteiger charge is -2.22. The Hall–Kier alpha value is -3.37. The molecule has 0 saturated heterocycles. The maximum Gasteiger partial charge on any atom is 0.278 e. The second-order valence-electron chi connectivity index (χ2n) is 8.69. The molecule has 0 fully saturated rings. The lowest BCUT2D eigenvalue weighted by Crippen LogP contribution is -2.36. The van der Waals surface area contributed by atoms with Crippen LogP contribution < -0.4 is 4.90 Å². The molecular formula is C28H25ClN2O2. The maximum atomic E-state index is 13.7. The fourth-order valence-corrected chi connectivity index (χ4v) is 4.76. The molecule has 4 nitrogen and oxygen atoms in total. The lowest BCUT2D eigenvalue weighted by atomic mass is 9.99. The summed E-state index contributed by atoms with van der Waals surface area (Å²) in [5.74, 6) is -0.449. The summed E-state index contributed by atoms with van der Waals surface area (Å²) in [4.78, 5) is 30.8. The number of carbonyl (C=O) groups is 2. The van der Waals surface area contributed by atoms with Crippen molar-refractivity contribution in [1.29, 1.82) is 0 Å². The predicted molar refractivity (Wildman–Crippen MR) is 132 cm³/mol. The van der Waals surface area contributed by atoms with Gasteiger partial charge >= 0.3 is 0 Å². The molecular weight excluding hydrogens is 432 g/mol. The normalized spacial score (nSPS) is 15.6. The number of imide groups is 1. The van der Waals surface area contributed by atoms with Crippen molar-refractivity contribution >= 4 is 34.7 Å². The van der Waals surface area contributed by atoms with Crippen LogP contribution in [0, 0.1) is 13.8 Å². The number of fused-ring (bicyclic) bond motifs is 1. The third kappa shape index (κ3) is 3.85. The number of aryl methyl sites for hydroxylation is 2. The molecule has 33 heavy (non-hydrogen) atoms. The number of anilines is 1. The third-order valence-electron chi connectivity index (χ3n) is 6.63. The average molecular weight is 457 g/mol. The minimum Gasteiger partial charge on any atom is -0.336 e. The van der Waals surface area contributed by atoms with Crippen molar-refractivity contribution < 1.29 is 9.59 Å². The molecule has 2 heterocycles. The summed E-state index contributed by atoms with van der Waals surface area (Å²) >= 11 is 6.00. The average Bonchev–Trinajstić information content (AvgIpc) is 3.34. The van der Waals surface area contributed by atoms with Gasteiger partial charge in [-0.3, -0.25) is 14.5 Å². The number of nitrogens with zero attached hydrogens (tertiary/aromatic N) is 2. The van der Waals surface area contributed by atoms with Crippen molar-refractivity contribution in [3.8, 4) is 0 Å². The van der Waals surface area contributed by atoms with E-state index in [1.807, 2.05) is 79.4 Å². The zero-order valence-electron chi connectivity index (χ0n) is 18.8. The molecule has 2 aliphatic heterocycles. The Balaban J connectivity index is 1.54. The zero-order chi connectivity index (χ0) is 23.1. The zero-order valence-corrected chi connectivity index (χ0v) is 19.5.